The smallest absolute Gasteiger partial charge is 0.439 e. The third kappa shape index (κ3) is 3.90. The van der Waals surface area contributed by atoms with E-state index in [1.807, 2.05) is 0 Å². The topological polar surface area (TPSA) is 40.1 Å². The first-order chi connectivity index (χ1) is 11.4. The summed E-state index contributed by atoms with van der Waals surface area (Å²) >= 11 is 0. The Hall–Kier alpha value is -2.34. The number of allylic oxidation sites excluding steroid dienone is 1. The standard InChI is InChI=1S/C13H5F11O2/c14-7-3-5(1-2-6(7)11(16,17)18)8(25)4-9(26)10(15,12(19,20)21)13(22,23)24/h1-4,25H/p-1/b8-4-. The van der Waals surface area contributed by atoms with Gasteiger partial charge in [-0.25, -0.2) is 8.78 Å². The summed E-state index contributed by atoms with van der Waals surface area (Å²) in [4.78, 5) is 11.1. The molecular formula is C13H4F11O2-. The van der Waals surface area contributed by atoms with Crippen molar-refractivity contribution < 1.29 is 58.2 Å². The van der Waals surface area contributed by atoms with Gasteiger partial charge in [-0.1, -0.05) is 11.8 Å². The van der Waals surface area contributed by atoms with Crippen LogP contribution in [0.3, 0.4) is 0 Å². The second-order valence-electron chi connectivity index (χ2n) is 4.72. The number of ketones is 1. The molecule has 0 atom stereocenters. The molecule has 0 unspecified atom stereocenters. The molecule has 13 heteroatoms. The van der Waals surface area contributed by atoms with Crippen LogP contribution in [0.5, 0.6) is 0 Å². The molecule has 0 saturated heterocycles. The van der Waals surface area contributed by atoms with Crippen LogP contribution < -0.4 is 5.11 Å². The Kier molecular flexibility index (Phi) is 5.37. The molecule has 0 aliphatic heterocycles. The first-order valence-electron chi connectivity index (χ1n) is 6.05. The molecule has 1 aromatic rings. The van der Waals surface area contributed by atoms with E-state index in [1.165, 1.54) is 0 Å². The third-order valence-corrected chi connectivity index (χ3v) is 2.94. The van der Waals surface area contributed by atoms with Gasteiger partial charge in [0.05, 0.1) is 5.56 Å². The predicted molar refractivity (Wildman–Crippen MR) is 60.3 cm³/mol. The second kappa shape index (κ2) is 6.43. The average molecular weight is 401 g/mol. The second-order valence-corrected chi connectivity index (χ2v) is 4.72. The maximum absolute atomic E-state index is 13.4. The molecule has 0 fully saturated rings. The zero-order chi connectivity index (χ0) is 20.7. The predicted octanol–water partition coefficient (Wildman–Crippen LogP) is 3.95. The van der Waals surface area contributed by atoms with Gasteiger partial charge in [-0.3, -0.25) is 4.79 Å². The minimum atomic E-state index is -6.77. The number of alkyl halides is 10. The van der Waals surface area contributed by atoms with Crippen molar-refractivity contribution in [2.45, 2.75) is 24.2 Å². The van der Waals surface area contributed by atoms with E-state index in [9.17, 15) is 58.2 Å². The third-order valence-electron chi connectivity index (χ3n) is 2.94. The number of halogens is 11. The van der Waals surface area contributed by atoms with Crippen LogP contribution in [0.4, 0.5) is 48.3 Å². The lowest BCUT2D eigenvalue weighted by Crippen LogP contribution is -2.58. The molecule has 0 spiro atoms. The minimum absolute atomic E-state index is 0.0307. The fourth-order valence-corrected chi connectivity index (χ4v) is 1.64. The summed E-state index contributed by atoms with van der Waals surface area (Å²) in [5.41, 5.74) is -9.50. The number of hydrogen-bond donors (Lipinski definition) is 0. The van der Waals surface area contributed by atoms with E-state index in [-0.39, 0.29) is 18.2 Å². The lowest BCUT2D eigenvalue weighted by Gasteiger charge is -2.28. The monoisotopic (exact) mass is 401 g/mol. The Morgan fingerprint density at radius 1 is 0.885 bits per heavy atom. The summed E-state index contributed by atoms with van der Waals surface area (Å²) in [6, 6.07) is -0.00771. The highest BCUT2D eigenvalue weighted by atomic mass is 19.4. The highest BCUT2D eigenvalue weighted by molar-refractivity contribution is 6.02. The maximum Gasteiger partial charge on any atom is 0.439 e. The molecule has 0 aliphatic rings. The first kappa shape index (κ1) is 21.7. The van der Waals surface area contributed by atoms with Crippen molar-refractivity contribution in [2.75, 3.05) is 0 Å². The van der Waals surface area contributed by atoms with Gasteiger partial charge in [0.15, 0.2) is 0 Å². The number of carbonyl (C=O) groups is 1. The van der Waals surface area contributed by atoms with Crippen molar-refractivity contribution in [2.24, 2.45) is 0 Å². The molecule has 146 valence electrons. The van der Waals surface area contributed by atoms with Crippen LogP contribution >= 0.6 is 0 Å². The van der Waals surface area contributed by atoms with Crippen molar-refractivity contribution in [3.8, 4) is 0 Å². The van der Waals surface area contributed by atoms with Crippen molar-refractivity contribution in [1.29, 1.82) is 0 Å². The average Bonchev–Trinajstić information content (AvgIpc) is 2.42. The molecule has 0 amide bonds. The van der Waals surface area contributed by atoms with E-state index < -0.39 is 58.8 Å². The Balaban J connectivity index is 3.36. The van der Waals surface area contributed by atoms with Crippen LogP contribution in [0.15, 0.2) is 24.3 Å². The molecular weight excluding hydrogens is 397 g/mol. The van der Waals surface area contributed by atoms with Gasteiger partial charge in [-0.15, -0.1) is 0 Å². The largest absolute Gasteiger partial charge is 0.872 e. The van der Waals surface area contributed by atoms with Crippen molar-refractivity contribution >= 4 is 11.5 Å². The fourth-order valence-electron chi connectivity index (χ4n) is 1.64. The highest BCUT2D eigenvalue weighted by Crippen LogP contribution is 2.47. The molecule has 0 aliphatic carbocycles. The van der Waals surface area contributed by atoms with Gasteiger partial charge in [0.1, 0.15) is 5.82 Å². The molecule has 0 aromatic heterocycles. The Bertz CT molecular complexity index is 711. The van der Waals surface area contributed by atoms with Gasteiger partial charge in [-0.2, -0.15) is 39.5 Å². The summed E-state index contributed by atoms with van der Waals surface area (Å²) in [6.07, 6.45) is -19.7. The van der Waals surface area contributed by atoms with Gasteiger partial charge in [0, 0.05) is 0 Å². The van der Waals surface area contributed by atoms with Gasteiger partial charge in [0.2, 0.25) is 5.78 Å². The van der Waals surface area contributed by atoms with E-state index in [1.54, 1.807) is 0 Å². The Labute approximate surface area is 136 Å². The quantitative estimate of drug-likeness (QED) is 0.437. The SMILES string of the molecule is O=C(/C=C(\[O-])c1ccc(C(F)(F)F)c(F)c1)C(F)(C(F)(F)F)C(F)(F)F. The van der Waals surface area contributed by atoms with Crippen molar-refractivity contribution in [1.82, 2.24) is 0 Å². The number of hydrogen-bond acceptors (Lipinski definition) is 2. The zero-order valence-corrected chi connectivity index (χ0v) is 11.8. The number of benzene rings is 1. The summed E-state index contributed by atoms with van der Waals surface area (Å²) in [6.45, 7) is 0. The Morgan fingerprint density at radius 2 is 1.35 bits per heavy atom. The van der Waals surface area contributed by atoms with Crippen LogP contribution in [-0.4, -0.2) is 23.8 Å². The molecule has 2 nitrogen and oxygen atoms in total. The van der Waals surface area contributed by atoms with E-state index in [4.69, 9.17) is 0 Å². The number of carbonyl (C=O) groups excluding carboxylic acids is 1. The molecule has 0 heterocycles. The summed E-state index contributed by atoms with van der Waals surface area (Å²) in [5.74, 6) is -7.50. The first-order valence-corrected chi connectivity index (χ1v) is 6.05. The lowest BCUT2D eigenvalue weighted by molar-refractivity contribution is -0.323. The molecule has 0 bridgehead atoms. The summed E-state index contributed by atoms with van der Waals surface area (Å²) in [7, 11) is 0. The van der Waals surface area contributed by atoms with Crippen LogP contribution in [-0.2, 0) is 11.0 Å². The van der Waals surface area contributed by atoms with Gasteiger partial charge in [0.25, 0.3) is 0 Å². The summed E-state index contributed by atoms with van der Waals surface area (Å²) in [5, 5.41) is 11.4. The Morgan fingerprint density at radius 3 is 1.69 bits per heavy atom. The molecule has 0 radical (unpaired) electrons. The molecule has 0 N–H and O–H groups in total. The molecule has 1 aromatic carbocycles. The van der Waals surface area contributed by atoms with E-state index in [2.05, 4.69) is 0 Å². The van der Waals surface area contributed by atoms with Crippen LogP contribution in [0.25, 0.3) is 5.76 Å². The normalized spacial score (nSPS) is 14.5. The van der Waals surface area contributed by atoms with Crippen LogP contribution in [0.2, 0.25) is 0 Å². The van der Waals surface area contributed by atoms with Gasteiger partial charge >= 0.3 is 24.2 Å². The number of rotatable bonds is 3. The van der Waals surface area contributed by atoms with Crippen molar-refractivity contribution in [3.05, 3.63) is 41.2 Å². The van der Waals surface area contributed by atoms with Gasteiger partial charge in [-0.05, 0) is 23.8 Å². The van der Waals surface area contributed by atoms with Crippen LogP contribution in [0, 0.1) is 5.82 Å². The maximum atomic E-state index is 13.4. The van der Waals surface area contributed by atoms with Gasteiger partial charge < -0.3 is 5.11 Å². The zero-order valence-electron chi connectivity index (χ0n) is 11.8. The highest BCUT2D eigenvalue weighted by Gasteiger charge is 2.76. The van der Waals surface area contributed by atoms with Crippen molar-refractivity contribution in [3.63, 3.8) is 0 Å². The van der Waals surface area contributed by atoms with E-state index in [0.717, 1.165) is 0 Å². The molecule has 1 rings (SSSR count). The molecule has 0 saturated carbocycles. The molecule has 26 heavy (non-hydrogen) atoms. The summed E-state index contributed by atoms with van der Waals surface area (Å²) < 4.78 is 138. The van der Waals surface area contributed by atoms with E-state index >= 15 is 0 Å². The van der Waals surface area contributed by atoms with Crippen LogP contribution in [0.1, 0.15) is 11.1 Å². The lowest BCUT2D eigenvalue weighted by atomic mass is 9.97. The minimum Gasteiger partial charge on any atom is -0.872 e. The van der Waals surface area contributed by atoms with E-state index in [0.29, 0.717) is 0 Å². The fraction of sp³-hybridized carbons (Fsp3) is 0.308.